The minimum absolute atomic E-state index is 0.163. The number of ether oxygens (including phenoxy) is 2. The summed E-state index contributed by atoms with van der Waals surface area (Å²) < 4.78 is 11.2. The van der Waals surface area contributed by atoms with Gasteiger partial charge in [-0.05, 0) is 32.0 Å². The summed E-state index contributed by atoms with van der Waals surface area (Å²) in [7, 11) is 0. The average Bonchev–Trinajstić information content (AvgIpc) is 2.32. The molecule has 3 heteroatoms. The maximum absolute atomic E-state index is 5.58. The molecule has 3 nitrogen and oxygen atoms in total. The lowest BCUT2D eigenvalue weighted by Gasteiger charge is -2.35. The van der Waals surface area contributed by atoms with Crippen molar-refractivity contribution in [3.05, 3.63) is 29.8 Å². The topological polar surface area (TPSA) is 30.5 Å². The predicted octanol–water partition coefficient (Wildman–Crippen LogP) is 2.23. The molecule has 0 unspecified atom stereocenters. The van der Waals surface area contributed by atoms with Crippen LogP contribution in [0.15, 0.2) is 24.3 Å². The van der Waals surface area contributed by atoms with Gasteiger partial charge in [-0.2, -0.15) is 0 Å². The molecule has 0 amide bonds. The number of terminal acetylenes is 1. The molecule has 1 fully saturated rings. The quantitative estimate of drug-likeness (QED) is 0.792. The molecule has 2 rings (SSSR count). The van der Waals surface area contributed by atoms with Crippen LogP contribution in [0.25, 0.3) is 0 Å². The third-order valence-electron chi connectivity index (χ3n) is 2.66. The first-order chi connectivity index (χ1) is 8.09. The first-order valence-corrected chi connectivity index (χ1v) is 5.70. The number of nitrogens with one attached hydrogen (secondary N) is 1. The van der Waals surface area contributed by atoms with E-state index in [4.69, 9.17) is 15.9 Å². The van der Waals surface area contributed by atoms with E-state index in [0.29, 0.717) is 13.2 Å². The lowest BCUT2D eigenvalue weighted by atomic mass is 10.2. The second kappa shape index (κ2) is 4.79. The monoisotopic (exact) mass is 231 g/mol. The summed E-state index contributed by atoms with van der Waals surface area (Å²) in [5.74, 6) is 2.14. The molecule has 0 radical (unpaired) electrons. The van der Waals surface area contributed by atoms with E-state index >= 15 is 0 Å². The van der Waals surface area contributed by atoms with Crippen molar-refractivity contribution in [3.63, 3.8) is 0 Å². The third-order valence-corrected chi connectivity index (χ3v) is 2.66. The van der Waals surface area contributed by atoms with Crippen LogP contribution in [0, 0.1) is 12.3 Å². The summed E-state index contributed by atoms with van der Waals surface area (Å²) in [4.78, 5) is 0. The van der Waals surface area contributed by atoms with Gasteiger partial charge in [-0.15, -0.1) is 6.42 Å². The van der Waals surface area contributed by atoms with Crippen LogP contribution in [0.5, 0.6) is 0 Å². The first kappa shape index (κ1) is 12.0. The molecule has 1 N–H and O–H groups in total. The number of rotatable bonds is 2. The minimum atomic E-state index is -0.473. The van der Waals surface area contributed by atoms with Crippen LogP contribution >= 0.6 is 0 Å². The normalized spacial score (nSPS) is 19.6. The minimum Gasteiger partial charge on any atom is -0.378 e. The fourth-order valence-corrected chi connectivity index (χ4v) is 1.71. The molecule has 1 saturated heterocycles. The van der Waals surface area contributed by atoms with E-state index in [1.807, 2.05) is 38.1 Å². The molecule has 0 atom stereocenters. The van der Waals surface area contributed by atoms with Gasteiger partial charge in [0.25, 0.3) is 0 Å². The van der Waals surface area contributed by atoms with Crippen molar-refractivity contribution >= 4 is 5.69 Å². The van der Waals surface area contributed by atoms with Crippen molar-refractivity contribution in [2.75, 3.05) is 18.5 Å². The molecule has 1 heterocycles. The molecule has 0 bridgehead atoms. The summed E-state index contributed by atoms with van der Waals surface area (Å²) in [6.45, 7) is 5.10. The van der Waals surface area contributed by atoms with E-state index in [9.17, 15) is 0 Å². The van der Waals surface area contributed by atoms with Gasteiger partial charge >= 0.3 is 0 Å². The van der Waals surface area contributed by atoms with E-state index in [1.54, 1.807) is 0 Å². The molecule has 1 aromatic carbocycles. The molecule has 0 aromatic heterocycles. The molecule has 0 aliphatic carbocycles. The van der Waals surface area contributed by atoms with Crippen molar-refractivity contribution in [1.82, 2.24) is 0 Å². The molecule has 0 saturated carbocycles. The predicted molar refractivity (Wildman–Crippen MR) is 67.8 cm³/mol. The summed E-state index contributed by atoms with van der Waals surface area (Å²) in [5, 5.41) is 3.35. The van der Waals surface area contributed by atoms with Crippen LogP contribution in [0.2, 0.25) is 0 Å². The molecule has 90 valence electrons. The molecule has 1 aliphatic heterocycles. The van der Waals surface area contributed by atoms with Gasteiger partial charge in [0.2, 0.25) is 0 Å². The van der Waals surface area contributed by atoms with Gasteiger partial charge in [0, 0.05) is 11.3 Å². The lowest BCUT2D eigenvalue weighted by Crippen LogP contribution is -2.45. The zero-order valence-electron chi connectivity index (χ0n) is 10.2. The van der Waals surface area contributed by atoms with Gasteiger partial charge in [-0.3, -0.25) is 0 Å². The molecule has 1 aliphatic rings. The van der Waals surface area contributed by atoms with Gasteiger partial charge in [0.1, 0.15) is 0 Å². The van der Waals surface area contributed by atoms with Crippen molar-refractivity contribution in [2.45, 2.75) is 25.7 Å². The Kier molecular flexibility index (Phi) is 3.37. The summed E-state index contributed by atoms with van der Waals surface area (Å²) >= 11 is 0. The van der Waals surface area contributed by atoms with Crippen LogP contribution in [0.3, 0.4) is 0 Å². The Morgan fingerprint density at radius 2 is 2.06 bits per heavy atom. The molecular weight excluding hydrogens is 214 g/mol. The largest absolute Gasteiger partial charge is 0.378 e. The molecule has 0 spiro atoms. The van der Waals surface area contributed by atoms with E-state index in [-0.39, 0.29) is 6.04 Å². The average molecular weight is 231 g/mol. The SMILES string of the molecule is C#Cc1cccc(NC2COC(C)(C)OC2)c1. The van der Waals surface area contributed by atoms with E-state index in [2.05, 4.69) is 11.2 Å². The van der Waals surface area contributed by atoms with Gasteiger partial charge in [0.15, 0.2) is 5.79 Å². The van der Waals surface area contributed by atoms with Crippen molar-refractivity contribution < 1.29 is 9.47 Å². The Bertz CT molecular complexity index is 424. The molecule has 17 heavy (non-hydrogen) atoms. The van der Waals surface area contributed by atoms with Gasteiger partial charge in [-0.25, -0.2) is 0 Å². The van der Waals surface area contributed by atoms with Crippen molar-refractivity contribution in [3.8, 4) is 12.3 Å². The highest BCUT2D eigenvalue weighted by Gasteiger charge is 2.28. The fourth-order valence-electron chi connectivity index (χ4n) is 1.71. The second-order valence-corrected chi connectivity index (χ2v) is 4.59. The van der Waals surface area contributed by atoms with Gasteiger partial charge in [-0.1, -0.05) is 12.0 Å². The van der Waals surface area contributed by atoms with Crippen molar-refractivity contribution in [1.29, 1.82) is 0 Å². The zero-order chi connectivity index (χ0) is 12.3. The fraction of sp³-hybridized carbons (Fsp3) is 0.429. The highest BCUT2D eigenvalue weighted by molar-refractivity contribution is 5.50. The van der Waals surface area contributed by atoms with Gasteiger partial charge in [0.05, 0.1) is 19.3 Å². The van der Waals surface area contributed by atoms with E-state index < -0.39 is 5.79 Å². The van der Waals surface area contributed by atoms with Crippen LogP contribution in [-0.2, 0) is 9.47 Å². The van der Waals surface area contributed by atoms with Crippen LogP contribution < -0.4 is 5.32 Å². The number of hydrogen-bond acceptors (Lipinski definition) is 3. The Morgan fingerprint density at radius 3 is 2.71 bits per heavy atom. The van der Waals surface area contributed by atoms with Crippen LogP contribution in [0.4, 0.5) is 5.69 Å². The van der Waals surface area contributed by atoms with Crippen LogP contribution in [-0.4, -0.2) is 25.0 Å². The Hall–Kier alpha value is -1.50. The smallest absolute Gasteiger partial charge is 0.162 e. The second-order valence-electron chi connectivity index (χ2n) is 4.59. The van der Waals surface area contributed by atoms with Crippen molar-refractivity contribution in [2.24, 2.45) is 0 Å². The lowest BCUT2D eigenvalue weighted by molar-refractivity contribution is -0.247. The first-order valence-electron chi connectivity index (χ1n) is 5.70. The Morgan fingerprint density at radius 1 is 1.35 bits per heavy atom. The maximum atomic E-state index is 5.58. The number of anilines is 1. The summed E-state index contributed by atoms with van der Waals surface area (Å²) in [5.41, 5.74) is 1.87. The Balaban J connectivity index is 1.96. The highest BCUT2D eigenvalue weighted by Crippen LogP contribution is 2.19. The maximum Gasteiger partial charge on any atom is 0.162 e. The standard InChI is InChI=1S/C14H17NO2/c1-4-11-6-5-7-12(8-11)15-13-9-16-14(2,3)17-10-13/h1,5-8,13,15H,9-10H2,2-3H3. The number of benzene rings is 1. The van der Waals surface area contributed by atoms with Gasteiger partial charge < -0.3 is 14.8 Å². The molecular formula is C14H17NO2. The zero-order valence-corrected chi connectivity index (χ0v) is 10.2. The summed E-state index contributed by atoms with van der Waals surface area (Å²) in [6, 6.07) is 7.94. The number of hydrogen-bond donors (Lipinski definition) is 1. The van der Waals surface area contributed by atoms with Crippen LogP contribution in [0.1, 0.15) is 19.4 Å². The van der Waals surface area contributed by atoms with E-state index in [1.165, 1.54) is 0 Å². The third kappa shape index (κ3) is 3.23. The molecule has 1 aromatic rings. The summed E-state index contributed by atoms with van der Waals surface area (Å²) in [6.07, 6.45) is 5.36. The Labute approximate surface area is 102 Å². The van der Waals surface area contributed by atoms with E-state index in [0.717, 1.165) is 11.3 Å². The highest BCUT2D eigenvalue weighted by atomic mass is 16.7.